The molecule has 0 aliphatic rings. The van der Waals surface area contributed by atoms with E-state index in [-0.39, 0.29) is 5.97 Å². The Kier molecular flexibility index (Phi) is 7.24. The van der Waals surface area contributed by atoms with Crippen LogP contribution in [-0.4, -0.2) is 30.9 Å². The van der Waals surface area contributed by atoms with E-state index in [2.05, 4.69) is 4.74 Å². The minimum absolute atomic E-state index is 0.184. The molecule has 64 valence electrons. The van der Waals surface area contributed by atoms with E-state index in [1.807, 2.05) is 0 Å². The van der Waals surface area contributed by atoms with Crippen LogP contribution in [0.25, 0.3) is 0 Å². The number of thioether (sulfide) groups is 1. The van der Waals surface area contributed by atoms with Gasteiger partial charge in [0.15, 0.2) is 0 Å². The number of hydrogen-bond donors (Lipinski definition) is 0. The van der Waals surface area contributed by atoms with Crippen LogP contribution in [-0.2, 0) is 14.3 Å². The molecule has 0 atom stereocenters. The van der Waals surface area contributed by atoms with Crippen LogP contribution in [0.5, 0.6) is 0 Å². The molecule has 3 nitrogen and oxygen atoms in total. The van der Waals surface area contributed by atoms with Crippen molar-refractivity contribution in [2.45, 2.75) is 12.8 Å². The van der Waals surface area contributed by atoms with E-state index in [1.165, 1.54) is 18.9 Å². The summed E-state index contributed by atoms with van der Waals surface area (Å²) in [6.45, 7) is 0. The molecule has 0 unspecified atom stereocenters. The van der Waals surface area contributed by atoms with Crippen molar-refractivity contribution >= 4 is 24.0 Å². The second-order valence-electron chi connectivity index (χ2n) is 1.92. The number of rotatable bonds is 6. The first kappa shape index (κ1) is 10.5. The van der Waals surface area contributed by atoms with Crippen LogP contribution in [0, 0.1) is 0 Å². The zero-order valence-electron chi connectivity index (χ0n) is 6.54. The van der Waals surface area contributed by atoms with Crippen LogP contribution >= 0.6 is 11.8 Å². The van der Waals surface area contributed by atoms with Crippen molar-refractivity contribution in [1.82, 2.24) is 0 Å². The molecule has 0 aromatic carbocycles. The molecule has 4 heteroatoms. The Bertz CT molecular complexity index is 125. The fraction of sp³-hybridized carbons (Fsp3) is 0.714. The lowest BCUT2D eigenvalue weighted by Crippen LogP contribution is -2.00. The smallest absolute Gasteiger partial charge is 0.305 e. The van der Waals surface area contributed by atoms with Crippen molar-refractivity contribution in [3.63, 3.8) is 0 Å². The summed E-state index contributed by atoms with van der Waals surface area (Å²) in [4.78, 5) is 20.4. The molecule has 0 saturated heterocycles. The first-order valence-corrected chi connectivity index (χ1v) is 4.55. The van der Waals surface area contributed by atoms with Gasteiger partial charge in [0.1, 0.15) is 6.29 Å². The zero-order chi connectivity index (χ0) is 8.53. The van der Waals surface area contributed by atoms with E-state index >= 15 is 0 Å². The van der Waals surface area contributed by atoms with Gasteiger partial charge >= 0.3 is 5.97 Å². The van der Waals surface area contributed by atoms with Gasteiger partial charge in [0, 0.05) is 12.2 Å². The summed E-state index contributed by atoms with van der Waals surface area (Å²) in [6.07, 6.45) is 2.09. The van der Waals surface area contributed by atoms with E-state index in [0.29, 0.717) is 12.2 Å². The van der Waals surface area contributed by atoms with Crippen molar-refractivity contribution in [2.24, 2.45) is 0 Å². The summed E-state index contributed by atoms with van der Waals surface area (Å²) < 4.78 is 4.44. The van der Waals surface area contributed by atoms with E-state index in [9.17, 15) is 9.59 Å². The van der Waals surface area contributed by atoms with Crippen LogP contribution in [0.4, 0.5) is 0 Å². The summed E-state index contributed by atoms with van der Waals surface area (Å²) in [7, 11) is 1.38. The number of carbonyl (C=O) groups is 2. The number of aldehydes is 1. The molecule has 11 heavy (non-hydrogen) atoms. The molecule has 0 amide bonds. The quantitative estimate of drug-likeness (QED) is 0.342. The molecule has 0 saturated carbocycles. The Balaban J connectivity index is 3.01. The van der Waals surface area contributed by atoms with Gasteiger partial charge in [-0.1, -0.05) is 0 Å². The Labute approximate surface area is 70.5 Å². The standard InChI is InChI=1S/C7H12O3S/c1-10-7(9)3-2-5-11-6-4-8/h4H,2-3,5-6H2,1H3. The van der Waals surface area contributed by atoms with Crippen molar-refractivity contribution in [3.8, 4) is 0 Å². The molecule has 0 aliphatic carbocycles. The number of esters is 1. The topological polar surface area (TPSA) is 43.4 Å². The Morgan fingerprint density at radius 3 is 2.91 bits per heavy atom. The molecule has 0 fully saturated rings. The Morgan fingerprint density at radius 2 is 2.36 bits per heavy atom. The fourth-order valence-corrected chi connectivity index (χ4v) is 1.16. The average Bonchev–Trinajstić information content (AvgIpc) is 2.04. The minimum Gasteiger partial charge on any atom is -0.469 e. The van der Waals surface area contributed by atoms with Gasteiger partial charge in [-0.15, -0.1) is 0 Å². The molecule has 0 aromatic heterocycles. The minimum atomic E-state index is -0.184. The molecular weight excluding hydrogens is 164 g/mol. The highest BCUT2D eigenvalue weighted by Crippen LogP contribution is 2.02. The summed E-state index contributed by atoms with van der Waals surface area (Å²) in [5.74, 6) is 1.17. The summed E-state index contributed by atoms with van der Waals surface area (Å²) in [6, 6.07) is 0. The predicted molar refractivity (Wildman–Crippen MR) is 44.6 cm³/mol. The van der Waals surface area contributed by atoms with Crippen LogP contribution in [0.15, 0.2) is 0 Å². The maximum absolute atomic E-state index is 10.5. The van der Waals surface area contributed by atoms with Gasteiger partial charge in [0.2, 0.25) is 0 Å². The number of hydrogen-bond acceptors (Lipinski definition) is 4. The van der Waals surface area contributed by atoms with Gasteiger partial charge in [-0.05, 0) is 12.2 Å². The second-order valence-corrected chi connectivity index (χ2v) is 3.07. The SMILES string of the molecule is COC(=O)CCCSCC=O. The van der Waals surface area contributed by atoms with Crippen molar-refractivity contribution in [3.05, 3.63) is 0 Å². The molecule has 0 bridgehead atoms. The first-order chi connectivity index (χ1) is 5.31. The van der Waals surface area contributed by atoms with Crippen molar-refractivity contribution < 1.29 is 14.3 Å². The van der Waals surface area contributed by atoms with Crippen molar-refractivity contribution in [2.75, 3.05) is 18.6 Å². The van der Waals surface area contributed by atoms with Gasteiger partial charge in [-0.3, -0.25) is 4.79 Å². The summed E-state index contributed by atoms with van der Waals surface area (Å²) in [5.41, 5.74) is 0. The molecule has 0 radical (unpaired) electrons. The number of carbonyl (C=O) groups excluding carboxylic acids is 2. The maximum atomic E-state index is 10.5. The third kappa shape index (κ3) is 7.39. The predicted octanol–water partition coefficient (Wildman–Crippen LogP) is 0.872. The van der Waals surface area contributed by atoms with Gasteiger partial charge in [0.05, 0.1) is 7.11 Å². The normalized spacial score (nSPS) is 9.18. The first-order valence-electron chi connectivity index (χ1n) is 3.39. The fourth-order valence-electron chi connectivity index (χ4n) is 0.552. The lowest BCUT2D eigenvalue weighted by atomic mass is 10.3. The third-order valence-electron chi connectivity index (χ3n) is 1.08. The molecule has 0 aromatic rings. The van der Waals surface area contributed by atoms with Crippen LogP contribution in [0.3, 0.4) is 0 Å². The molecule has 0 heterocycles. The highest BCUT2D eigenvalue weighted by molar-refractivity contribution is 7.99. The van der Waals surface area contributed by atoms with Gasteiger partial charge < -0.3 is 9.53 Å². The molecule has 0 spiro atoms. The molecular formula is C7H12O3S. The van der Waals surface area contributed by atoms with Crippen LogP contribution in [0.1, 0.15) is 12.8 Å². The van der Waals surface area contributed by atoms with Gasteiger partial charge in [-0.25, -0.2) is 0 Å². The molecule has 0 aliphatic heterocycles. The van der Waals surface area contributed by atoms with E-state index in [4.69, 9.17) is 0 Å². The maximum Gasteiger partial charge on any atom is 0.305 e. The Hall–Kier alpha value is -0.510. The Morgan fingerprint density at radius 1 is 1.64 bits per heavy atom. The van der Waals surface area contributed by atoms with E-state index in [0.717, 1.165) is 18.5 Å². The molecule has 0 N–H and O–H groups in total. The van der Waals surface area contributed by atoms with E-state index < -0.39 is 0 Å². The van der Waals surface area contributed by atoms with Crippen molar-refractivity contribution in [1.29, 1.82) is 0 Å². The summed E-state index contributed by atoms with van der Waals surface area (Å²) >= 11 is 1.53. The average molecular weight is 176 g/mol. The van der Waals surface area contributed by atoms with Gasteiger partial charge in [0.25, 0.3) is 0 Å². The largest absolute Gasteiger partial charge is 0.469 e. The molecule has 0 rings (SSSR count). The monoisotopic (exact) mass is 176 g/mol. The van der Waals surface area contributed by atoms with Crippen LogP contribution < -0.4 is 0 Å². The highest BCUT2D eigenvalue weighted by atomic mass is 32.2. The van der Waals surface area contributed by atoms with E-state index in [1.54, 1.807) is 0 Å². The van der Waals surface area contributed by atoms with Crippen LogP contribution in [0.2, 0.25) is 0 Å². The number of methoxy groups -OCH3 is 1. The third-order valence-corrected chi connectivity index (χ3v) is 2.03. The highest BCUT2D eigenvalue weighted by Gasteiger charge is 1.98. The second kappa shape index (κ2) is 7.60. The summed E-state index contributed by atoms with van der Waals surface area (Å²) in [5, 5.41) is 0. The lowest BCUT2D eigenvalue weighted by molar-refractivity contribution is -0.140. The zero-order valence-corrected chi connectivity index (χ0v) is 7.36. The van der Waals surface area contributed by atoms with Gasteiger partial charge in [-0.2, -0.15) is 11.8 Å². The number of ether oxygens (including phenoxy) is 1. The lowest BCUT2D eigenvalue weighted by Gasteiger charge is -1.97.